The van der Waals surface area contributed by atoms with Gasteiger partial charge in [0, 0.05) is 0 Å². The van der Waals surface area contributed by atoms with Crippen LogP contribution in [-0.4, -0.2) is 49.0 Å². The van der Waals surface area contributed by atoms with Crippen molar-refractivity contribution in [2.24, 2.45) is 0 Å². The first kappa shape index (κ1) is 16.0. The van der Waals surface area contributed by atoms with E-state index in [-0.39, 0.29) is 12.3 Å². The Morgan fingerprint density at radius 2 is 1.40 bits per heavy atom. The molecule has 0 unspecified atom stereocenters. The molecule has 6 N–H and O–H groups in total. The van der Waals surface area contributed by atoms with E-state index in [0.717, 1.165) is 49.0 Å². The van der Waals surface area contributed by atoms with Crippen molar-refractivity contribution in [3.8, 4) is 0 Å². The molecule has 0 spiro atoms. The molecule has 2 nitrogen and oxygen atoms in total. The van der Waals surface area contributed by atoms with Gasteiger partial charge in [-0.3, -0.25) is 0 Å². The van der Waals surface area contributed by atoms with E-state index in [4.69, 9.17) is 0 Å². The first-order chi connectivity index (χ1) is 1.41. The number of rotatable bonds is 0. The molecule has 0 bridgehead atoms. The summed E-state index contributed by atoms with van der Waals surface area (Å²) in [4.78, 5) is 0. The van der Waals surface area contributed by atoms with Crippen LogP contribution >= 0.6 is 0 Å². The van der Waals surface area contributed by atoms with Crippen LogP contribution < -0.4 is 12.3 Å². The van der Waals surface area contributed by atoms with Crippen LogP contribution in [0.2, 0.25) is 0.515 Å². The molecule has 0 aliphatic heterocycles. The fourth-order valence-corrected chi connectivity index (χ4v) is 0. The smallest absolute Gasteiger partial charge is 0.344 e. The molecule has 0 heterocycles. The van der Waals surface area contributed by atoms with Crippen molar-refractivity contribution in [2.75, 3.05) is 0 Å². The Morgan fingerprint density at radius 3 is 1.40 bits per heavy atom. The average molecular weight is 102 g/mol. The molecule has 0 aliphatic carbocycles. The Balaban J connectivity index is -0.0000000200. The Kier molecular flexibility index (Phi) is 56.5. The molecule has 0 aromatic carbocycles. The molecule has 0 saturated heterocycles. The second-order valence-electron chi connectivity index (χ2n) is 0.707. The van der Waals surface area contributed by atoms with Gasteiger partial charge in [0.15, 0.2) is 0 Å². The van der Waals surface area contributed by atoms with Crippen molar-refractivity contribution in [2.45, 2.75) is 7.44 Å². The Morgan fingerprint density at radius 1 is 1.40 bits per heavy atom. The van der Waals surface area contributed by atoms with Gasteiger partial charge in [0.05, 0.1) is 0 Å². The molecule has 0 aromatic rings. The van der Waals surface area contributed by atoms with Gasteiger partial charge in [-0.25, -0.2) is 0 Å². The van der Waals surface area contributed by atoms with E-state index in [0.29, 0.717) is 0 Å². The van der Waals surface area contributed by atoms with E-state index in [1.165, 1.54) is 0.515 Å². The van der Waals surface area contributed by atoms with E-state index in [1.807, 2.05) is 0 Å². The summed E-state index contributed by atoms with van der Waals surface area (Å²) in [6, 6.07) is 0. The van der Waals surface area contributed by atoms with Crippen molar-refractivity contribution >= 4 is 49.0 Å². The Bertz CT molecular complexity index is 7.61. The van der Waals surface area contributed by atoms with E-state index in [1.54, 1.807) is 0 Å². The maximum absolute atomic E-state index is 2.21. The normalized spacial score (nSPS) is 3.80. The summed E-state index contributed by atoms with van der Waals surface area (Å²) in [5.74, 6) is 0. The molecule has 30 valence electrons. The summed E-state index contributed by atoms with van der Waals surface area (Å²) in [5, 5.41) is 0. The quantitative estimate of drug-likeness (QED) is 0.446. The molecular weight excluding hydrogens is 91.1 g/mol. The van der Waals surface area contributed by atoms with Crippen LogP contribution in [0.3, 0.4) is 0 Å². The predicted molar refractivity (Wildman–Crippen MR) is 26.3 cm³/mol. The van der Waals surface area contributed by atoms with Gasteiger partial charge in [0.2, 0.25) is 0 Å². The van der Waals surface area contributed by atoms with Crippen LogP contribution in [-0.2, 0) is 0 Å². The van der Waals surface area contributed by atoms with Crippen molar-refractivity contribution < 1.29 is 0 Å². The first-order valence-electron chi connectivity index (χ1n) is 1.41. The van der Waals surface area contributed by atoms with Crippen molar-refractivity contribution in [3.05, 3.63) is 0 Å². The second-order valence-corrected chi connectivity index (χ2v) is 2.92. The van der Waals surface area contributed by atoms with E-state index in [9.17, 15) is 0 Å². The fourth-order valence-electron chi connectivity index (χ4n) is 0. The molecular formula is C2H11KN2. The summed E-state index contributed by atoms with van der Waals surface area (Å²) in [6.45, 7) is 2.21. The minimum Gasteiger partial charge on any atom is -0.344 e. The molecule has 0 rings (SSSR count). The average Bonchev–Trinajstić information content (AvgIpc) is 0.918. The van der Waals surface area contributed by atoms with Crippen LogP contribution in [0.5, 0.6) is 0 Å². The zero-order valence-corrected chi connectivity index (χ0v) is 7.24. The van der Waals surface area contributed by atoms with Crippen LogP contribution in [0.25, 0.3) is 0 Å². The maximum Gasteiger partial charge on any atom is -0.344 e. The van der Waals surface area contributed by atoms with Gasteiger partial charge in [-0.2, -0.15) is 0 Å². The molecule has 0 saturated carbocycles. The molecule has 0 amide bonds. The summed E-state index contributed by atoms with van der Waals surface area (Å²) < 4.78 is 1.44. The summed E-state index contributed by atoms with van der Waals surface area (Å²) in [5.41, 5.74) is 0. The van der Waals surface area contributed by atoms with Gasteiger partial charge in [-0.05, 0) is 0 Å². The third-order valence-electron chi connectivity index (χ3n) is 0. The summed E-state index contributed by atoms with van der Waals surface area (Å²) >= 11 is 1.10. The maximum atomic E-state index is 2.21. The van der Waals surface area contributed by atoms with E-state index >= 15 is 0 Å². The van der Waals surface area contributed by atoms with Crippen LogP contribution in [0.4, 0.5) is 0 Å². The van der Waals surface area contributed by atoms with Crippen LogP contribution in [0.15, 0.2) is 0 Å². The monoisotopic (exact) mass is 102 g/mol. The molecule has 3 heteroatoms. The van der Waals surface area contributed by atoms with Crippen molar-refractivity contribution in [1.82, 2.24) is 12.3 Å². The molecule has 0 aliphatic rings. The summed E-state index contributed by atoms with van der Waals surface area (Å²) in [6.07, 6.45) is 0. The Labute approximate surface area is 67.5 Å². The summed E-state index contributed by atoms with van der Waals surface area (Å²) in [7, 11) is 0. The zero-order valence-electron chi connectivity index (χ0n) is 4.12. The fraction of sp³-hybridized carbons (Fsp3) is 1.00. The van der Waals surface area contributed by atoms with Gasteiger partial charge >= 0.3 is 56.4 Å². The minimum atomic E-state index is 0. The second kappa shape index (κ2) is 17.7. The molecule has 0 aromatic heterocycles. The van der Waals surface area contributed by atoms with Gasteiger partial charge < -0.3 is 12.3 Å². The largest absolute Gasteiger partial charge is 0.344 e. The third-order valence-corrected chi connectivity index (χ3v) is 0. The molecule has 5 heavy (non-hydrogen) atoms. The van der Waals surface area contributed by atoms with Crippen LogP contribution in [0, 0.1) is 0 Å². The van der Waals surface area contributed by atoms with Gasteiger partial charge in [0.1, 0.15) is 0 Å². The first-order valence-corrected chi connectivity index (χ1v) is 3.62. The molecule has 0 fully saturated rings. The van der Waals surface area contributed by atoms with Crippen molar-refractivity contribution in [3.63, 3.8) is 0 Å². The number of hydrogen-bond donors (Lipinski definition) is 2. The number of hydrogen-bond acceptors (Lipinski definition) is 2. The Hall–Kier alpha value is 1.56. The van der Waals surface area contributed by atoms with E-state index in [2.05, 4.69) is 6.92 Å². The topological polar surface area (TPSA) is 70.0 Å². The van der Waals surface area contributed by atoms with Gasteiger partial charge in [-0.1, -0.05) is 0 Å². The van der Waals surface area contributed by atoms with Crippen molar-refractivity contribution in [1.29, 1.82) is 0 Å². The van der Waals surface area contributed by atoms with Gasteiger partial charge in [-0.15, -0.1) is 0 Å². The zero-order chi connectivity index (χ0) is 2.71. The molecule has 0 atom stereocenters. The van der Waals surface area contributed by atoms with Gasteiger partial charge in [0.25, 0.3) is 0 Å². The SMILES string of the molecule is C[CH2][K].N.N. The van der Waals surface area contributed by atoms with Crippen LogP contribution in [0.1, 0.15) is 6.92 Å². The third kappa shape index (κ3) is 29.0. The standard InChI is InChI=1S/C2H5.K.2H3N/c1-2;;;/h1H2,2H3;;2*1H3. The predicted octanol–water partition coefficient (Wildman–Crippen LogP) is 0.917. The minimum absolute atomic E-state index is 0. The van der Waals surface area contributed by atoms with E-state index < -0.39 is 0 Å². The molecule has 0 radical (unpaired) electrons.